The summed E-state index contributed by atoms with van der Waals surface area (Å²) in [4.78, 5) is 32.4. The molecule has 0 fully saturated rings. The predicted molar refractivity (Wildman–Crippen MR) is 120 cm³/mol. The zero-order valence-corrected chi connectivity index (χ0v) is 18.4. The van der Waals surface area contributed by atoms with Crippen LogP contribution in [-0.2, 0) is 16.8 Å². The molecule has 0 bridgehead atoms. The quantitative estimate of drug-likeness (QED) is 0.660. The number of ether oxygens (including phenoxy) is 1. The summed E-state index contributed by atoms with van der Waals surface area (Å²) in [5.41, 5.74) is 6.49. The SMILES string of the molecule is CN1C(=O)C2(CC(C)(Cc3ncccn3)Oc3ccc(-c4cncc(Cl)c4)cc32)N=C1N. The zero-order valence-electron chi connectivity index (χ0n) is 17.6. The summed E-state index contributed by atoms with van der Waals surface area (Å²) in [6, 6.07) is 9.27. The van der Waals surface area contributed by atoms with Crippen LogP contribution in [0, 0.1) is 0 Å². The summed E-state index contributed by atoms with van der Waals surface area (Å²) in [7, 11) is 1.63. The molecule has 1 amide bonds. The van der Waals surface area contributed by atoms with Gasteiger partial charge >= 0.3 is 0 Å². The average Bonchev–Trinajstić information content (AvgIpc) is 2.97. The predicted octanol–water partition coefficient (Wildman–Crippen LogP) is 2.96. The maximum Gasteiger partial charge on any atom is 0.261 e. The van der Waals surface area contributed by atoms with Crippen LogP contribution >= 0.6 is 11.6 Å². The molecule has 1 aromatic carbocycles. The number of aromatic nitrogens is 3. The number of aliphatic imine (C=N–C) groups is 1. The number of benzene rings is 1. The molecule has 2 aliphatic rings. The van der Waals surface area contributed by atoms with Crippen LogP contribution in [0.2, 0.25) is 5.02 Å². The van der Waals surface area contributed by atoms with Gasteiger partial charge in [0.05, 0.1) is 5.02 Å². The second kappa shape index (κ2) is 7.27. The Labute approximate surface area is 190 Å². The van der Waals surface area contributed by atoms with Crippen LogP contribution in [0.15, 0.2) is 60.1 Å². The van der Waals surface area contributed by atoms with Crippen molar-refractivity contribution in [2.24, 2.45) is 10.7 Å². The number of likely N-dealkylation sites (N-methyl/N-ethyl adjacent to an activating group) is 1. The largest absolute Gasteiger partial charge is 0.487 e. The first-order chi connectivity index (χ1) is 15.3. The topological polar surface area (TPSA) is 107 Å². The van der Waals surface area contributed by atoms with E-state index in [1.165, 1.54) is 4.90 Å². The Kier molecular flexibility index (Phi) is 4.63. The fourth-order valence-corrected chi connectivity index (χ4v) is 4.65. The molecule has 0 saturated heterocycles. The van der Waals surface area contributed by atoms with Crippen LogP contribution in [0.5, 0.6) is 5.75 Å². The van der Waals surface area contributed by atoms with Gasteiger partial charge in [0.1, 0.15) is 17.2 Å². The molecule has 0 aliphatic carbocycles. The standard InChI is InChI=1S/C23H21ClN6O2/c1-22(10-19-27-6-3-7-28-19)13-23(20(31)30(2)21(25)29-23)17-9-14(4-5-18(17)32-22)15-8-16(24)12-26-11-15/h3-9,11-12H,10,13H2,1-2H3,(H2,25,29). The second-order valence-corrected chi connectivity index (χ2v) is 8.80. The van der Waals surface area contributed by atoms with Crippen molar-refractivity contribution in [2.75, 3.05) is 7.05 Å². The summed E-state index contributed by atoms with van der Waals surface area (Å²) in [5, 5.41) is 0.528. The van der Waals surface area contributed by atoms with E-state index in [-0.39, 0.29) is 11.9 Å². The zero-order chi connectivity index (χ0) is 22.5. The van der Waals surface area contributed by atoms with Gasteiger partial charge in [-0.15, -0.1) is 0 Å². The van der Waals surface area contributed by atoms with Gasteiger partial charge in [0.25, 0.3) is 5.91 Å². The molecule has 5 rings (SSSR count). The third-order valence-corrected chi connectivity index (χ3v) is 6.11. The highest BCUT2D eigenvalue weighted by Crippen LogP contribution is 2.50. The van der Waals surface area contributed by atoms with Gasteiger partial charge in [0, 0.05) is 55.8 Å². The summed E-state index contributed by atoms with van der Waals surface area (Å²) >= 11 is 6.14. The van der Waals surface area contributed by atoms with Crippen LogP contribution in [-0.4, -0.2) is 44.4 Å². The lowest BCUT2D eigenvalue weighted by Crippen LogP contribution is -2.51. The van der Waals surface area contributed by atoms with Crippen LogP contribution in [0.4, 0.5) is 0 Å². The molecule has 2 atom stereocenters. The Morgan fingerprint density at radius 2 is 1.97 bits per heavy atom. The molecular weight excluding hydrogens is 428 g/mol. The molecule has 2 aliphatic heterocycles. The first-order valence-corrected chi connectivity index (χ1v) is 10.5. The van der Waals surface area contributed by atoms with Crippen molar-refractivity contribution in [3.05, 3.63) is 71.5 Å². The minimum atomic E-state index is -1.20. The molecule has 3 aromatic rings. The molecule has 0 saturated carbocycles. The average molecular weight is 449 g/mol. The molecule has 8 nitrogen and oxygen atoms in total. The summed E-state index contributed by atoms with van der Waals surface area (Å²) in [5.74, 6) is 1.19. The monoisotopic (exact) mass is 448 g/mol. The highest BCUT2D eigenvalue weighted by atomic mass is 35.5. The van der Waals surface area contributed by atoms with E-state index < -0.39 is 11.1 Å². The van der Waals surface area contributed by atoms with E-state index in [1.807, 2.05) is 31.2 Å². The van der Waals surface area contributed by atoms with Gasteiger partial charge < -0.3 is 10.5 Å². The lowest BCUT2D eigenvalue weighted by Gasteiger charge is -2.43. The van der Waals surface area contributed by atoms with Gasteiger partial charge in [-0.1, -0.05) is 17.7 Å². The van der Waals surface area contributed by atoms with Gasteiger partial charge in [0.2, 0.25) is 0 Å². The maximum absolute atomic E-state index is 13.5. The Morgan fingerprint density at radius 1 is 1.19 bits per heavy atom. The van der Waals surface area contributed by atoms with E-state index in [1.54, 1.807) is 37.9 Å². The van der Waals surface area contributed by atoms with Crippen molar-refractivity contribution < 1.29 is 9.53 Å². The van der Waals surface area contributed by atoms with Crippen molar-refractivity contribution in [1.29, 1.82) is 0 Å². The van der Waals surface area contributed by atoms with Gasteiger partial charge in [0.15, 0.2) is 11.5 Å². The minimum Gasteiger partial charge on any atom is -0.487 e. The fraction of sp³-hybridized carbons (Fsp3) is 0.261. The number of nitrogens with two attached hydrogens (primary N) is 1. The van der Waals surface area contributed by atoms with Gasteiger partial charge in [-0.3, -0.25) is 14.7 Å². The van der Waals surface area contributed by atoms with Crippen LogP contribution in [0.1, 0.15) is 24.7 Å². The molecule has 32 heavy (non-hydrogen) atoms. The number of guanidine groups is 1. The number of rotatable bonds is 3. The van der Waals surface area contributed by atoms with Crippen molar-refractivity contribution in [1.82, 2.24) is 19.9 Å². The molecule has 162 valence electrons. The Balaban J connectivity index is 1.65. The Hall–Kier alpha value is -3.52. The van der Waals surface area contributed by atoms with Crippen molar-refractivity contribution >= 4 is 23.5 Å². The lowest BCUT2D eigenvalue weighted by molar-refractivity contribution is -0.134. The molecule has 1 spiro atoms. The third-order valence-electron chi connectivity index (χ3n) is 5.91. The number of halogens is 1. The van der Waals surface area contributed by atoms with Crippen LogP contribution in [0.25, 0.3) is 11.1 Å². The van der Waals surface area contributed by atoms with E-state index in [9.17, 15) is 4.79 Å². The second-order valence-electron chi connectivity index (χ2n) is 8.37. The number of carbonyl (C=O) groups excluding carboxylic acids is 1. The fourth-order valence-electron chi connectivity index (χ4n) is 4.47. The number of hydrogen-bond acceptors (Lipinski definition) is 7. The van der Waals surface area contributed by atoms with E-state index in [0.29, 0.717) is 35.0 Å². The summed E-state index contributed by atoms with van der Waals surface area (Å²) in [6.45, 7) is 1.94. The van der Waals surface area contributed by atoms with E-state index in [2.05, 4.69) is 19.9 Å². The summed E-state index contributed by atoms with van der Waals surface area (Å²) in [6.07, 6.45) is 7.39. The van der Waals surface area contributed by atoms with Crippen molar-refractivity contribution in [3.8, 4) is 16.9 Å². The number of pyridine rings is 1. The van der Waals surface area contributed by atoms with Gasteiger partial charge in [-0.25, -0.2) is 15.0 Å². The first kappa shape index (κ1) is 20.4. The number of carbonyl (C=O) groups is 1. The van der Waals surface area contributed by atoms with Crippen molar-refractivity contribution in [3.63, 3.8) is 0 Å². The number of nitrogens with zero attached hydrogens (tertiary/aromatic N) is 5. The Bertz CT molecular complexity index is 1250. The lowest BCUT2D eigenvalue weighted by atomic mass is 9.75. The van der Waals surface area contributed by atoms with E-state index >= 15 is 0 Å². The van der Waals surface area contributed by atoms with Gasteiger partial charge in [-0.2, -0.15) is 0 Å². The molecule has 4 heterocycles. The molecule has 2 unspecified atom stereocenters. The molecule has 0 radical (unpaired) electrons. The van der Waals surface area contributed by atoms with Gasteiger partial charge in [-0.05, 0) is 36.8 Å². The number of amides is 1. The van der Waals surface area contributed by atoms with Crippen molar-refractivity contribution in [2.45, 2.75) is 30.9 Å². The minimum absolute atomic E-state index is 0.177. The normalized spacial score (nSPS) is 24.3. The molecule has 2 N–H and O–H groups in total. The smallest absolute Gasteiger partial charge is 0.261 e. The molecule has 2 aromatic heterocycles. The number of fused-ring (bicyclic) bond motifs is 2. The summed E-state index contributed by atoms with van der Waals surface area (Å²) < 4.78 is 6.44. The van der Waals surface area contributed by atoms with E-state index in [4.69, 9.17) is 22.1 Å². The highest BCUT2D eigenvalue weighted by Gasteiger charge is 2.57. The van der Waals surface area contributed by atoms with E-state index in [0.717, 1.165) is 11.1 Å². The highest BCUT2D eigenvalue weighted by molar-refractivity contribution is 6.30. The number of hydrogen-bond donors (Lipinski definition) is 1. The van der Waals surface area contributed by atoms with Crippen LogP contribution < -0.4 is 10.5 Å². The molecule has 9 heteroatoms. The third kappa shape index (κ3) is 3.27. The van der Waals surface area contributed by atoms with Crippen LogP contribution in [0.3, 0.4) is 0 Å². The first-order valence-electron chi connectivity index (χ1n) is 10.1. The Morgan fingerprint density at radius 3 is 2.66 bits per heavy atom. The maximum atomic E-state index is 13.5. The molecular formula is C23H21ClN6O2.